The Kier molecular flexibility index (Phi) is 3.88. The number of benzene rings is 1. The van der Waals surface area contributed by atoms with Crippen LogP contribution in [0.15, 0.2) is 18.2 Å². The molecule has 0 aliphatic carbocycles. The lowest BCUT2D eigenvalue weighted by Crippen LogP contribution is -2.26. The number of hydrogen-bond acceptors (Lipinski definition) is 3. The molecule has 0 radical (unpaired) electrons. The molecule has 0 heterocycles. The largest absolute Gasteiger partial charge is 0.392 e. The first kappa shape index (κ1) is 12.9. The van der Waals surface area contributed by atoms with Crippen molar-refractivity contribution >= 4 is 32.9 Å². The average molecular weight is 258 g/mol. The van der Waals surface area contributed by atoms with Crippen LogP contribution in [0.25, 0.3) is 0 Å². The van der Waals surface area contributed by atoms with Crippen LogP contribution in [0, 0.1) is 13.8 Å². The lowest BCUT2D eigenvalue weighted by Gasteiger charge is -2.11. The van der Waals surface area contributed by atoms with Gasteiger partial charge in [0.05, 0.1) is 10.7 Å². The summed E-state index contributed by atoms with van der Waals surface area (Å²) in [7, 11) is -3.49. The Morgan fingerprint density at radius 1 is 1.44 bits per heavy atom. The van der Waals surface area contributed by atoms with Crippen molar-refractivity contribution in [2.45, 2.75) is 13.8 Å². The first-order valence-corrected chi connectivity index (χ1v) is 6.73. The highest BCUT2D eigenvalue weighted by molar-refractivity contribution is 7.95. The third-order valence-corrected chi connectivity index (χ3v) is 3.75. The van der Waals surface area contributed by atoms with Gasteiger partial charge in [-0.3, -0.25) is 4.72 Å². The van der Waals surface area contributed by atoms with E-state index in [-0.39, 0.29) is 10.7 Å². The minimum absolute atomic E-state index is 0.0437. The minimum atomic E-state index is -3.49. The molecule has 4 nitrogen and oxygen atoms in total. The van der Waals surface area contributed by atoms with Crippen molar-refractivity contribution in [1.29, 1.82) is 0 Å². The number of nitrogens with two attached hydrogens (primary N) is 1. The quantitative estimate of drug-likeness (QED) is 0.799. The second kappa shape index (κ2) is 4.80. The maximum atomic E-state index is 11.6. The zero-order chi connectivity index (χ0) is 12.3. The molecule has 1 aromatic carbocycles. The van der Waals surface area contributed by atoms with E-state index >= 15 is 0 Å². The Morgan fingerprint density at radius 2 is 2.06 bits per heavy atom. The summed E-state index contributed by atoms with van der Waals surface area (Å²) in [6.07, 6.45) is 0. The molecule has 88 valence electrons. The molecule has 0 aliphatic heterocycles. The lowest BCUT2D eigenvalue weighted by atomic mass is 10.1. The third kappa shape index (κ3) is 3.46. The van der Waals surface area contributed by atoms with E-state index < -0.39 is 10.0 Å². The Hall–Kier alpha value is -1.14. The molecule has 0 saturated carbocycles. The van der Waals surface area contributed by atoms with Gasteiger partial charge in [0.1, 0.15) is 5.75 Å². The van der Waals surface area contributed by atoms with Crippen LogP contribution in [0.5, 0.6) is 0 Å². The van der Waals surface area contributed by atoms with Crippen LogP contribution in [-0.2, 0) is 10.0 Å². The van der Waals surface area contributed by atoms with E-state index in [9.17, 15) is 8.42 Å². The van der Waals surface area contributed by atoms with Crippen LogP contribution in [0.1, 0.15) is 11.1 Å². The first-order chi connectivity index (χ1) is 7.32. The maximum absolute atomic E-state index is 11.6. The van der Waals surface area contributed by atoms with Crippen LogP contribution < -0.4 is 10.5 Å². The van der Waals surface area contributed by atoms with Gasteiger partial charge in [-0.1, -0.05) is 24.4 Å². The van der Waals surface area contributed by atoms with Gasteiger partial charge in [-0.15, -0.1) is 0 Å². The Bertz CT molecular complexity index is 510. The van der Waals surface area contributed by atoms with Gasteiger partial charge < -0.3 is 5.73 Å². The summed E-state index contributed by atoms with van der Waals surface area (Å²) >= 11 is 4.58. The van der Waals surface area contributed by atoms with Crippen molar-refractivity contribution in [3.63, 3.8) is 0 Å². The second-order valence-corrected chi connectivity index (χ2v) is 5.82. The molecule has 0 spiro atoms. The number of anilines is 1. The Morgan fingerprint density at radius 3 is 2.62 bits per heavy atom. The summed E-state index contributed by atoms with van der Waals surface area (Å²) < 4.78 is 25.7. The third-order valence-electron chi connectivity index (χ3n) is 2.20. The summed E-state index contributed by atoms with van der Waals surface area (Å²) in [5, 5.41) is 0. The standard InChI is InChI=1S/C10H14N2O2S2/c1-7-4-3-5-9(8(7)2)12-16(13,14)6-10(11)15/h3-5,12H,6H2,1-2H3,(H2,11,15). The topological polar surface area (TPSA) is 72.2 Å². The molecular formula is C10H14N2O2S2. The van der Waals surface area contributed by atoms with Gasteiger partial charge in [0.15, 0.2) is 0 Å². The molecule has 0 aliphatic rings. The predicted octanol–water partition coefficient (Wildman–Crippen LogP) is 1.33. The summed E-state index contributed by atoms with van der Waals surface area (Å²) in [5.41, 5.74) is 7.70. The van der Waals surface area contributed by atoms with Crippen LogP contribution in [0.2, 0.25) is 0 Å². The molecule has 16 heavy (non-hydrogen) atoms. The zero-order valence-corrected chi connectivity index (χ0v) is 10.8. The molecule has 6 heteroatoms. The molecule has 0 fully saturated rings. The van der Waals surface area contributed by atoms with Crippen LogP contribution in [0.4, 0.5) is 5.69 Å². The molecule has 0 amide bonds. The number of aryl methyl sites for hydroxylation is 1. The molecular weight excluding hydrogens is 244 g/mol. The van der Waals surface area contributed by atoms with Gasteiger partial charge in [0.2, 0.25) is 10.0 Å². The van der Waals surface area contributed by atoms with Crippen molar-refractivity contribution in [2.75, 3.05) is 10.5 Å². The van der Waals surface area contributed by atoms with E-state index in [4.69, 9.17) is 5.73 Å². The molecule has 1 aromatic rings. The molecule has 0 aromatic heterocycles. The number of thiocarbonyl (C=S) groups is 1. The van der Waals surface area contributed by atoms with E-state index in [1.807, 2.05) is 19.9 Å². The maximum Gasteiger partial charge on any atom is 0.239 e. The van der Waals surface area contributed by atoms with Crippen LogP contribution >= 0.6 is 12.2 Å². The number of nitrogens with one attached hydrogen (secondary N) is 1. The summed E-state index contributed by atoms with van der Waals surface area (Å²) in [4.78, 5) is -0.0437. The normalized spacial score (nSPS) is 11.1. The molecule has 0 atom stereocenters. The fourth-order valence-electron chi connectivity index (χ4n) is 1.25. The van der Waals surface area contributed by atoms with E-state index in [2.05, 4.69) is 16.9 Å². The molecule has 0 unspecified atom stereocenters. The monoisotopic (exact) mass is 258 g/mol. The van der Waals surface area contributed by atoms with Crippen molar-refractivity contribution in [3.05, 3.63) is 29.3 Å². The molecule has 0 saturated heterocycles. The van der Waals surface area contributed by atoms with Crippen molar-refractivity contribution in [3.8, 4) is 0 Å². The summed E-state index contributed by atoms with van der Waals surface area (Å²) in [6.45, 7) is 3.77. The first-order valence-electron chi connectivity index (χ1n) is 4.67. The SMILES string of the molecule is Cc1cccc(NS(=O)(=O)CC(N)=S)c1C. The van der Waals surface area contributed by atoms with E-state index in [0.29, 0.717) is 5.69 Å². The van der Waals surface area contributed by atoms with E-state index in [0.717, 1.165) is 11.1 Å². The number of sulfonamides is 1. The van der Waals surface area contributed by atoms with Gasteiger partial charge in [-0.25, -0.2) is 8.42 Å². The average Bonchev–Trinajstić information content (AvgIpc) is 2.10. The molecule has 0 bridgehead atoms. The molecule has 1 rings (SSSR count). The van der Waals surface area contributed by atoms with Gasteiger partial charge in [0.25, 0.3) is 0 Å². The Labute approximate surface area is 101 Å². The summed E-state index contributed by atoms with van der Waals surface area (Å²) in [5.74, 6) is -0.338. The van der Waals surface area contributed by atoms with Crippen LogP contribution in [-0.4, -0.2) is 19.2 Å². The predicted molar refractivity (Wildman–Crippen MR) is 70.1 cm³/mol. The number of hydrogen-bond donors (Lipinski definition) is 2. The zero-order valence-electron chi connectivity index (χ0n) is 9.15. The molecule has 3 N–H and O–H groups in total. The highest BCUT2D eigenvalue weighted by Crippen LogP contribution is 2.19. The van der Waals surface area contributed by atoms with E-state index in [1.54, 1.807) is 12.1 Å². The van der Waals surface area contributed by atoms with Gasteiger partial charge >= 0.3 is 0 Å². The van der Waals surface area contributed by atoms with Crippen molar-refractivity contribution in [1.82, 2.24) is 0 Å². The second-order valence-electron chi connectivity index (χ2n) is 3.57. The minimum Gasteiger partial charge on any atom is -0.392 e. The number of rotatable bonds is 4. The van der Waals surface area contributed by atoms with Gasteiger partial charge in [-0.2, -0.15) is 0 Å². The highest BCUT2D eigenvalue weighted by Gasteiger charge is 2.13. The van der Waals surface area contributed by atoms with Crippen molar-refractivity contribution < 1.29 is 8.42 Å². The van der Waals surface area contributed by atoms with Gasteiger partial charge in [0, 0.05) is 0 Å². The lowest BCUT2D eigenvalue weighted by molar-refractivity contribution is 0.605. The Balaban J connectivity index is 2.97. The summed E-state index contributed by atoms with van der Waals surface area (Å²) in [6, 6.07) is 5.42. The fourth-order valence-corrected chi connectivity index (χ4v) is 2.72. The fraction of sp³-hybridized carbons (Fsp3) is 0.300. The van der Waals surface area contributed by atoms with Crippen LogP contribution in [0.3, 0.4) is 0 Å². The highest BCUT2D eigenvalue weighted by atomic mass is 32.2. The smallest absolute Gasteiger partial charge is 0.239 e. The van der Waals surface area contributed by atoms with Gasteiger partial charge in [-0.05, 0) is 31.0 Å². The van der Waals surface area contributed by atoms with Crippen molar-refractivity contribution in [2.24, 2.45) is 5.73 Å². The van der Waals surface area contributed by atoms with E-state index in [1.165, 1.54) is 0 Å².